The zero-order valence-corrected chi connectivity index (χ0v) is 13.5. The summed E-state index contributed by atoms with van der Waals surface area (Å²) in [7, 11) is 3.46. The Balaban J connectivity index is 1.65. The van der Waals surface area contributed by atoms with E-state index in [1.54, 1.807) is 36.2 Å². The zero-order chi connectivity index (χ0) is 16.4. The van der Waals surface area contributed by atoms with Gasteiger partial charge >= 0.3 is 6.03 Å². The molecule has 3 rings (SSSR count). The van der Waals surface area contributed by atoms with Gasteiger partial charge in [-0.2, -0.15) is 0 Å². The van der Waals surface area contributed by atoms with E-state index in [2.05, 4.69) is 5.32 Å². The summed E-state index contributed by atoms with van der Waals surface area (Å²) in [6.45, 7) is 1.44. The average Bonchev–Trinajstić information content (AvgIpc) is 3.21. The van der Waals surface area contributed by atoms with E-state index in [0.717, 1.165) is 6.42 Å². The molecule has 2 aliphatic heterocycles. The highest BCUT2D eigenvalue weighted by Crippen LogP contribution is 2.32. The highest BCUT2D eigenvalue weighted by molar-refractivity contribution is 5.81. The number of amides is 3. The molecule has 126 valence electrons. The number of furan rings is 1. The van der Waals surface area contributed by atoms with E-state index < -0.39 is 0 Å². The van der Waals surface area contributed by atoms with Gasteiger partial charge < -0.3 is 24.3 Å². The lowest BCUT2D eigenvalue weighted by Gasteiger charge is -2.41. The molecule has 0 spiro atoms. The van der Waals surface area contributed by atoms with E-state index in [0.29, 0.717) is 31.9 Å². The number of nitrogens with one attached hydrogen (secondary N) is 1. The van der Waals surface area contributed by atoms with Gasteiger partial charge in [0.2, 0.25) is 5.91 Å². The van der Waals surface area contributed by atoms with E-state index in [1.165, 1.54) is 0 Å². The molecule has 23 heavy (non-hydrogen) atoms. The molecule has 0 unspecified atom stereocenters. The van der Waals surface area contributed by atoms with E-state index >= 15 is 0 Å². The second-order valence-corrected chi connectivity index (χ2v) is 6.32. The number of carbonyl (C=O) groups excluding carboxylic acids is 2. The minimum Gasteiger partial charge on any atom is -0.467 e. The summed E-state index contributed by atoms with van der Waals surface area (Å²) in [6, 6.07) is 3.63. The molecule has 2 aliphatic rings. The molecule has 3 heterocycles. The van der Waals surface area contributed by atoms with Gasteiger partial charge in [-0.05, 0) is 25.0 Å². The number of nitrogens with zero attached hydrogens (tertiary/aromatic N) is 2. The Morgan fingerprint density at radius 1 is 1.43 bits per heavy atom. The minimum absolute atomic E-state index is 0.0491. The maximum Gasteiger partial charge on any atom is 0.319 e. The van der Waals surface area contributed by atoms with Crippen LogP contribution in [0.3, 0.4) is 0 Å². The standard InChI is InChI=1S/C16H23N3O4/c1-18(2)16(21)19-10-11(8-14-13(19)5-7-23-14)15(20)17-9-12-4-3-6-22-12/h3-4,6,11,13-14H,5,7-10H2,1-2H3,(H,17,20)/t11-,13-,14-/m0/s1. The SMILES string of the molecule is CN(C)C(=O)N1C[C@@H](C(=O)NCc2ccco2)C[C@@H]2OCC[C@@H]21. The van der Waals surface area contributed by atoms with Gasteiger partial charge in [-0.3, -0.25) is 4.79 Å². The molecule has 1 aromatic heterocycles. The number of carbonyl (C=O) groups is 2. The van der Waals surface area contributed by atoms with Crippen LogP contribution in [-0.2, 0) is 16.1 Å². The molecular weight excluding hydrogens is 298 g/mol. The van der Waals surface area contributed by atoms with Crippen LogP contribution < -0.4 is 5.32 Å². The highest BCUT2D eigenvalue weighted by atomic mass is 16.5. The minimum atomic E-state index is -0.256. The van der Waals surface area contributed by atoms with E-state index in [1.807, 2.05) is 6.07 Å². The Morgan fingerprint density at radius 2 is 2.26 bits per heavy atom. The van der Waals surface area contributed by atoms with Gasteiger partial charge in [-0.25, -0.2) is 4.79 Å². The Bertz CT molecular complexity index is 558. The number of rotatable bonds is 3. The smallest absolute Gasteiger partial charge is 0.319 e. The van der Waals surface area contributed by atoms with Crippen molar-refractivity contribution in [3.8, 4) is 0 Å². The van der Waals surface area contributed by atoms with Gasteiger partial charge in [0.15, 0.2) is 0 Å². The van der Waals surface area contributed by atoms with Crippen molar-refractivity contribution in [3.05, 3.63) is 24.2 Å². The van der Waals surface area contributed by atoms with Gasteiger partial charge in [0.25, 0.3) is 0 Å². The molecule has 7 heteroatoms. The number of hydrogen-bond acceptors (Lipinski definition) is 4. The summed E-state index contributed by atoms with van der Waals surface area (Å²) in [5.74, 6) is 0.394. The Labute approximate surface area is 135 Å². The number of fused-ring (bicyclic) bond motifs is 1. The number of urea groups is 1. The molecule has 0 radical (unpaired) electrons. The van der Waals surface area contributed by atoms with Crippen molar-refractivity contribution in [3.63, 3.8) is 0 Å². The summed E-state index contributed by atoms with van der Waals surface area (Å²) < 4.78 is 11.0. The normalized spacial score (nSPS) is 26.7. The molecule has 1 aromatic rings. The lowest BCUT2D eigenvalue weighted by molar-refractivity contribution is -0.129. The first-order chi connectivity index (χ1) is 11.1. The van der Waals surface area contributed by atoms with Crippen LogP contribution >= 0.6 is 0 Å². The largest absolute Gasteiger partial charge is 0.467 e. The predicted molar refractivity (Wildman–Crippen MR) is 82.6 cm³/mol. The van der Waals surface area contributed by atoms with Gasteiger partial charge in [-0.1, -0.05) is 0 Å². The molecule has 0 aliphatic carbocycles. The van der Waals surface area contributed by atoms with Gasteiger partial charge in [-0.15, -0.1) is 0 Å². The van der Waals surface area contributed by atoms with E-state index in [9.17, 15) is 9.59 Å². The molecule has 0 saturated carbocycles. The number of ether oxygens (including phenoxy) is 1. The first-order valence-electron chi connectivity index (χ1n) is 7.96. The molecule has 0 bridgehead atoms. The fraction of sp³-hybridized carbons (Fsp3) is 0.625. The Hall–Kier alpha value is -2.02. The van der Waals surface area contributed by atoms with Crippen LogP contribution in [-0.4, -0.2) is 61.1 Å². The predicted octanol–water partition coefficient (Wildman–Crippen LogP) is 1.06. The highest BCUT2D eigenvalue weighted by Gasteiger charge is 2.44. The fourth-order valence-electron chi connectivity index (χ4n) is 3.35. The number of piperidine rings is 1. The second-order valence-electron chi connectivity index (χ2n) is 6.32. The average molecular weight is 321 g/mol. The van der Waals surface area contributed by atoms with Crippen molar-refractivity contribution in [2.75, 3.05) is 27.2 Å². The molecule has 0 aromatic carbocycles. The first kappa shape index (κ1) is 15.9. The molecule has 1 N–H and O–H groups in total. The monoisotopic (exact) mass is 321 g/mol. The van der Waals surface area contributed by atoms with Crippen LogP contribution in [0.4, 0.5) is 4.79 Å². The molecule has 3 atom stereocenters. The maximum absolute atomic E-state index is 12.5. The summed E-state index contributed by atoms with van der Waals surface area (Å²) in [4.78, 5) is 28.2. The third-order valence-electron chi connectivity index (χ3n) is 4.52. The van der Waals surface area contributed by atoms with Gasteiger partial charge in [0.1, 0.15) is 5.76 Å². The van der Waals surface area contributed by atoms with Crippen molar-refractivity contribution >= 4 is 11.9 Å². The van der Waals surface area contributed by atoms with E-state index in [-0.39, 0.29) is 30.0 Å². The van der Waals surface area contributed by atoms with Crippen molar-refractivity contribution in [1.82, 2.24) is 15.1 Å². The van der Waals surface area contributed by atoms with Crippen LogP contribution in [0.5, 0.6) is 0 Å². The lowest BCUT2D eigenvalue weighted by atomic mass is 9.89. The van der Waals surface area contributed by atoms with Crippen LogP contribution in [0.25, 0.3) is 0 Å². The summed E-state index contributed by atoms with van der Waals surface area (Å²) in [5, 5.41) is 2.88. The third kappa shape index (κ3) is 3.34. The summed E-state index contributed by atoms with van der Waals surface area (Å²) in [5.41, 5.74) is 0. The number of hydrogen-bond donors (Lipinski definition) is 1. The fourth-order valence-corrected chi connectivity index (χ4v) is 3.35. The van der Waals surface area contributed by atoms with Crippen LogP contribution in [0, 0.1) is 5.92 Å². The van der Waals surface area contributed by atoms with Crippen molar-refractivity contribution in [2.24, 2.45) is 5.92 Å². The van der Waals surface area contributed by atoms with Crippen LogP contribution in [0.2, 0.25) is 0 Å². The quantitative estimate of drug-likeness (QED) is 0.903. The Kier molecular flexibility index (Phi) is 4.56. The molecule has 2 saturated heterocycles. The maximum atomic E-state index is 12.5. The van der Waals surface area contributed by atoms with Gasteiger partial charge in [0, 0.05) is 27.2 Å². The summed E-state index contributed by atoms with van der Waals surface area (Å²) in [6.07, 6.45) is 3.03. The zero-order valence-electron chi connectivity index (χ0n) is 13.5. The second kappa shape index (κ2) is 6.62. The van der Waals surface area contributed by atoms with Crippen LogP contribution in [0.15, 0.2) is 22.8 Å². The van der Waals surface area contributed by atoms with E-state index in [4.69, 9.17) is 9.15 Å². The Morgan fingerprint density at radius 3 is 2.96 bits per heavy atom. The van der Waals surface area contributed by atoms with Crippen LogP contribution in [0.1, 0.15) is 18.6 Å². The molecular formula is C16H23N3O4. The molecule has 7 nitrogen and oxygen atoms in total. The van der Waals surface area contributed by atoms with Crippen molar-refractivity contribution < 1.29 is 18.7 Å². The topological polar surface area (TPSA) is 75.0 Å². The van der Waals surface area contributed by atoms with Crippen molar-refractivity contribution in [2.45, 2.75) is 31.5 Å². The number of likely N-dealkylation sites (tertiary alicyclic amines) is 1. The van der Waals surface area contributed by atoms with Gasteiger partial charge in [0.05, 0.1) is 30.9 Å². The van der Waals surface area contributed by atoms with Crippen molar-refractivity contribution in [1.29, 1.82) is 0 Å². The lowest BCUT2D eigenvalue weighted by Crippen LogP contribution is -2.57. The first-order valence-corrected chi connectivity index (χ1v) is 7.96. The molecule has 2 fully saturated rings. The third-order valence-corrected chi connectivity index (χ3v) is 4.52. The molecule has 3 amide bonds. The summed E-state index contributed by atoms with van der Waals surface area (Å²) >= 11 is 0.